The minimum atomic E-state index is -3.56. The van der Waals surface area contributed by atoms with Gasteiger partial charge in [-0.05, 0) is 79.6 Å². The van der Waals surface area contributed by atoms with Gasteiger partial charge in [0.15, 0.2) is 0 Å². The number of hydrogen-bond acceptors (Lipinski definition) is 5. The number of benzene rings is 2. The van der Waals surface area contributed by atoms with Gasteiger partial charge in [-0.1, -0.05) is 44.2 Å². The van der Waals surface area contributed by atoms with Crippen LogP contribution in [0.5, 0.6) is 0 Å². The summed E-state index contributed by atoms with van der Waals surface area (Å²) in [6.07, 6.45) is 8.36. The number of pyridine rings is 1. The molecule has 2 N–H and O–H groups in total. The molecular formula is C26H32N4O2S. The Morgan fingerprint density at radius 3 is 2.27 bits per heavy atom. The summed E-state index contributed by atoms with van der Waals surface area (Å²) in [6, 6.07) is 18.7. The Kier molecular flexibility index (Phi) is 9.18. The monoisotopic (exact) mass is 464 g/mol. The highest BCUT2D eigenvalue weighted by molar-refractivity contribution is 7.89. The lowest BCUT2D eigenvalue weighted by molar-refractivity contribution is 0.300. The maximum Gasteiger partial charge on any atom is 0.240 e. The largest absolute Gasteiger partial charge is 0.355 e. The van der Waals surface area contributed by atoms with E-state index in [1.165, 1.54) is 0 Å². The molecule has 0 atom stereocenters. The van der Waals surface area contributed by atoms with Gasteiger partial charge in [-0.3, -0.25) is 4.98 Å². The molecule has 0 amide bonds. The molecule has 3 rings (SSSR count). The zero-order chi connectivity index (χ0) is 23.5. The number of aromatic nitrogens is 1. The summed E-state index contributed by atoms with van der Waals surface area (Å²) in [5, 5.41) is 3.31. The van der Waals surface area contributed by atoms with E-state index in [-0.39, 0.29) is 4.90 Å². The van der Waals surface area contributed by atoms with E-state index in [4.69, 9.17) is 0 Å². The second kappa shape index (κ2) is 12.3. The number of hydrogen-bond donors (Lipinski definition) is 2. The van der Waals surface area contributed by atoms with Gasteiger partial charge in [0.05, 0.1) is 4.90 Å². The Labute approximate surface area is 197 Å². The van der Waals surface area contributed by atoms with E-state index in [9.17, 15) is 8.42 Å². The summed E-state index contributed by atoms with van der Waals surface area (Å²) in [4.78, 5) is 6.56. The summed E-state index contributed by atoms with van der Waals surface area (Å²) in [5.41, 5.74) is 3.71. The second-order valence-corrected chi connectivity index (χ2v) is 9.44. The minimum absolute atomic E-state index is 0.254. The van der Waals surface area contributed by atoms with Gasteiger partial charge in [0, 0.05) is 30.3 Å². The molecule has 0 fully saturated rings. The zero-order valence-corrected chi connectivity index (χ0v) is 20.1. The molecule has 0 bridgehead atoms. The van der Waals surface area contributed by atoms with Gasteiger partial charge in [-0.25, -0.2) is 13.1 Å². The van der Waals surface area contributed by atoms with Crippen LogP contribution in [0.25, 0.3) is 12.2 Å². The van der Waals surface area contributed by atoms with Crippen molar-refractivity contribution >= 4 is 33.6 Å². The number of anilines is 2. The number of rotatable bonds is 12. The summed E-state index contributed by atoms with van der Waals surface area (Å²) in [5.74, 6) is 0. The van der Waals surface area contributed by atoms with Crippen LogP contribution in [-0.2, 0) is 10.0 Å². The Hall–Kier alpha value is -3.00. The number of sulfonamides is 1. The summed E-state index contributed by atoms with van der Waals surface area (Å²) in [7, 11) is -3.56. The fraction of sp³-hybridized carbons (Fsp3) is 0.269. The standard InChI is InChI=1S/C26H32N4O2S/c1-3-30(4-2)19-7-16-28-33(31,32)26-11-6-10-25(21-26)29-24-9-5-8-23(20-24)13-12-22-14-17-27-18-15-22/h5-6,8-15,17-18,20-21,28-29H,3-4,7,16,19H2,1-2H3. The van der Waals surface area contributed by atoms with Gasteiger partial charge >= 0.3 is 0 Å². The van der Waals surface area contributed by atoms with Crippen LogP contribution in [0.2, 0.25) is 0 Å². The molecule has 3 aromatic rings. The van der Waals surface area contributed by atoms with Crippen molar-refractivity contribution in [3.05, 3.63) is 84.2 Å². The fourth-order valence-electron chi connectivity index (χ4n) is 3.43. The highest BCUT2D eigenvalue weighted by atomic mass is 32.2. The van der Waals surface area contributed by atoms with Crippen LogP contribution in [-0.4, -0.2) is 44.5 Å². The first-order chi connectivity index (χ1) is 16.0. The smallest absolute Gasteiger partial charge is 0.240 e. The van der Waals surface area contributed by atoms with Gasteiger partial charge in [0.2, 0.25) is 10.0 Å². The van der Waals surface area contributed by atoms with E-state index < -0.39 is 10.0 Å². The fourth-order valence-corrected chi connectivity index (χ4v) is 4.55. The van der Waals surface area contributed by atoms with Crippen LogP contribution in [0.3, 0.4) is 0 Å². The van der Waals surface area contributed by atoms with Gasteiger partial charge in [-0.15, -0.1) is 0 Å². The lowest BCUT2D eigenvalue weighted by Crippen LogP contribution is -2.30. The van der Waals surface area contributed by atoms with Crippen molar-refractivity contribution in [3.8, 4) is 0 Å². The zero-order valence-electron chi connectivity index (χ0n) is 19.2. The molecule has 0 aliphatic carbocycles. The lowest BCUT2D eigenvalue weighted by atomic mass is 10.1. The number of nitrogens with zero attached hydrogens (tertiary/aromatic N) is 2. The van der Waals surface area contributed by atoms with Crippen molar-refractivity contribution < 1.29 is 8.42 Å². The molecule has 1 heterocycles. The maximum atomic E-state index is 12.7. The van der Waals surface area contributed by atoms with Crippen LogP contribution >= 0.6 is 0 Å². The average molecular weight is 465 g/mol. The molecule has 2 aromatic carbocycles. The average Bonchev–Trinajstić information content (AvgIpc) is 2.84. The van der Waals surface area contributed by atoms with E-state index in [1.807, 2.05) is 54.6 Å². The van der Waals surface area contributed by atoms with Crippen LogP contribution in [0.15, 0.2) is 78.0 Å². The van der Waals surface area contributed by atoms with E-state index in [0.717, 1.165) is 48.6 Å². The Bertz CT molecular complexity index is 1140. The molecule has 0 aliphatic heterocycles. The third-order valence-corrected chi connectivity index (χ3v) is 6.79. The molecule has 6 nitrogen and oxygen atoms in total. The highest BCUT2D eigenvalue weighted by Crippen LogP contribution is 2.21. The third-order valence-electron chi connectivity index (χ3n) is 5.33. The first-order valence-electron chi connectivity index (χ1n) is 11.3. The van der Waals surface area contributed by atoms with E-state index in [1.54, 1.807) is 30.6 Å². The normalized spacial score (nSPS) is 11.8. The molecule has 0 radical (unpaired) electrons. The van der Waals surface area contributed by atoms with Crippen molar-refractivity contribution in [1.82, 2.24) is 14.6 Å². The van der Waals surface area contributed by atoms with Gasteiger partial charge in [0.1, 0.15) is 0 Å². The predicted octanol–water partition coefficient (Wildman–Crippen LogP) is 5.01. The summed E-state index contributed by atoms with van der Waals surface area (Å²) in [6.45, 7) is 7.46. The molecule has 0 saturated carbocycles. The molecule has 33 heavy (non-hydrogen) atoms. The Balaban J connectivity index is 1.63. The van der Waals surface area contributed by atoms with E-state index >= 15 is 0 Å². The van der Waals surface area contributed by atoms with Crippen LogP contribution in [0.4, 0.5) is 11.4 Å². The van der Waals surface area contributed by atoms with E-state index in [0.29, 0.717) is 6.54 Å². The van der Waals surface area contributed by atoms with Crippen molar-refractivity contribution in [2.45, 2.75) is 25.2 Å². The molecular weight excluding hydrogens is 432 g/mol. The second-order valence-electron chi connectivity index (χ2n) is 7.67. The van der Waals surface area contributed by atoms with Gasteiger partial charge < -0.3 is 10.2 Å². The van der Waals surface area contributed by atoms with Gasteiger partial charge in [0.25, 0.3) is 0 Å². The molecule has 0 unspecified atom stereocenters. The highest BCUT2D eigenvalue weighted by Gasteiger charge is 2.14. The first kappa shape index (κ1) is 24.6. The summed E-state index contributed by atoms with van der Waals surface area (Å²) < 4.78 is 28.2. The molecule has 0 aliphatic rings. The summed E-state index contributed by atoms with van der Waals surface area (Å²) >= 11 is 0. The molecule has 0 spiro atoms. The lowest BCUT2D eigenvalue weighted by Gasteiger charge is -2.17. The van der Waals surface area contributed by atoms with Crippen molar-refractivity contribution in [2.75, 3.05) is 31.5 Å². The topological polar surface area (TPSA) is 74.3 Å². The maximum absolute atomic E-state index is 12.7. The Morgan fingerprint density at radius 2 is 1.55 bits per heavy atom. The van der Waals surface area contributed by atoms with Gasteiger partial charge in [-0.2, -0.15) is 0 Å². The predicted molar refractivity (Wildman–Crippen MR) is 137 cm³/mol. The molecule has 0 saturated heterocycles. The third kappa shape index (κ3) is 7.82. The van der Waals surface area contributed by atoms with Crippen LogP contribution in [0, 0.1) is 0 Å². The molecule has 7 heteroatoms. The SMILES string of the molecule is CCN(CC)CCCNS(=O)(=O)c1cccc(Nc2cccc(C=Cc3ccncc3)c2)c1. The van der Waals surface area contributed by atoms with Crippen molar-refractivity contribution in [2.24, 2.45) is 0 Å². The Morgan fingerprint density at radius 1 is 0.879 bits per heavy atom. The van der Waals surface area contributed by atoms with Crippen molar-refractivity contribution in [1.29, 1.82) is 0 Å². The molecule has 1 aromatic heterocycles. The quantitative estimate of drug-likeness (QED) is 0.369. The van der Waals surface area contributed by atoms with Crippen LogP contribution < -0.4 is 10.0 Å². The number of nitrogens with one attached hydrogen (secondary N) is 2. The van der Waals surface area contributed by atoms with E-state index in [2.05, 4.69) is 33.8 Å². The minimum Gasteiger partial charge on any atom is -0.355 e. The van der Waals surface area contributed by atoms with Crippen molar-refractivity contribution in [3.63, 3.8) is 0 Å². The first-order valence-corrected chi connectivity index (χ1v) is 12.8. The van der Waals surface area contributed by atoms with Crippen LogP contribution in [0.1, 0.15) is 31.4 Å². The molecule has 174 valence electrons.